The predicted molar refractivity (Wildman–Crippen MR) is 94.4 cm³/mol. The fourth-order valence-electron chi connectivity index (χ4n) is 2.43. The number of nitrogens with zero attached hydrogens (tertiary/aromatic N) is 5. The summed E-state index contributed by atoms with van der Waals surface area (Å²) in [6.07, 6.45) is 2.12. The number of amides is 1. The Morgan fingerprint density at radius 1 is 1.38 bits per heavy atom. The van der Waals surface area contributed by atoms with Crippen molar-refractivity contribution in [3.05, 3.63) is 32.7 Å². The molecule has 0 bridgehead atoms. The van der Waals surface area contributed by atoms with Crippen molar-refractivity contribution in [1.29, 1.82) is 0 Å². The molecular weight excluding hydrogens is 364 g/mol. The monoisotopic (exact) mass is 384 g/mol. The molecule has 142 valence electrons. The number of ether oxygens (including phenoxy) is 1. The molecule has 10 nitrogen and oxygen atoms in total. The van der Waals surface area contributed by atoms with Crippen LogP contribution in [0.15, 0.2) is 6.20 Å². The lowest BCUT2D eigenvalue weighted by Crippen LogP contribution is -2.26. The Morgan fingerprint density at radius 3 is 2.65 bits per heavy atom. The lowest BCUT2D eigenvalue weighted by atomic mass is 10.3. The Morgan fingerprint density at radius 2 is 2.12 bits per heavy atom. The van der Waals surface area contributed by atoms with E-state index in [1.54, 1.807) is 0 Å². The fourth-order valence-corrected chi connectivity index (χ4v) is 2.57. The van der Waals surface area contributed by atoms with Crippen LogP contribution >= 0.6 is 11.6 Å². The number of carbonyl (C=O) groups excluding carboxylic acids is 1. The Balaban J connectivity index is 1.74. The molecule has 2 aromatic rings. The van der Waals surface area contributed by atoms with Crippen molar-refractivity contribution >= 4 is 23.2 Å². The zero-order chi connectivity index (χ0) is 19.3. The standard InChI is InChI=1S/C15H21ClN6O4/c1-10-14(16)11(2)21(18-10)7-4-6-17-13(23)5-8-20-9-12(22(24)25)15(19-20)26-3/h9H,4-8H2,1-3H3,(H,17,23). The molecule has 0 aliphatic heterocycles. The summed E-state index contributed by atoms with van der Waals surface area (Å²) >= 11 is 6.09. The van der Waals surface area contributed by atoms with E-state index in [4.69, 9.17) is 16.3 Å². The van der Waals surface area contributed by atoms with E-state index < -0.39 is 4.92 Å². The molecule has 0 spiro atoms. The van der Waals surface area contributed by atoms with E-state index in [1.165, 1.54) is 18.0 Å². The summed E-state index contributed by atoms with van der Waals surface area (Å²) in [6, 6.07) is 0. The first-order valence-electron chi connectivity index (χ1n) is 8.05. The molecule has 2 rings (SSSR count). The molecule has 26 heavy (non-hydrogen) atoms. The molecule has 0 radical (unpaired) electrons. The van der Waals surface area contributed by atoms with Gasteiger partial charge in [-0.2, -0.15) is 5.10 Å². The number of aryl methyl sites for hydroxylation is 3. The maximum Gasteiger partial charge on any atom is 0.350 e. The highest BCUT2D eigenvalue weighted by Gasteiger charge is 2.20. The van der Waals surface area contributed by atoms with Gasteiger partial charge in [0.2, 0.25) is 5.91 Å². The van der Waals surface area contributed by atoms with E-state index in [1.807, 2.05) is 18.5 Å². The largest absolute Gasteiger partial charge is 0.475 e. The van der Waals surface area contributed by atoms with Crippen LogP contribution in [-0.4, -0.2) is 44.0 Å². The van der Waals surface area contributed by atoms with Gasteiger partial charge in [-0.05, 0) is 20.3 Å². The maximum absolute atomic E-state index is 11.9. The summed E-state index contributed by atoms with van der Waals surface area (Å²) in [5.41, 5.74) is 1.47. The van der Waals surface area contributed by atoms with Gasteiger partial charge < -0.3 is 10.1 Å². The lowest BCUT2D eigenvalue weighted by Gasteiger charge is -2.07. The Kier molecular flexibility index (Phi) is 6.56. The number of nitro groups is 1. The molecule has 2 heterocycles. The van der Waals surface area contributed by atoms with E-state index in [0.29, 0.717) is 24.5 Å². The number of methoxy groups -OCH3 is 1. The van der Waals surface area contributed by atoms with Crippen molar-refractivity contribution in [2.45, 2.75) is 39.8 Å². The summed E-state index contributed by atoms with van der Waals surface area (Å²) in [4.78, 5) is 22.2. The third kappa shape index (κ3) is 4.72. The zero-order valence-electron chi connectivity index (χ0n) is 14.9. The van der Waals surface area contributed by atoms with Crippen LogP contribution in [0.3, 0.4) is 0 Å². The van der Waals surface area contributed by atoms with E-state index in [2.05, 4.69) is 15.5 Å². The maximum atomic E-state index is 11.9. The number of nitrogens with one attached hydrogen (secondary N) is 1. The third-order valence-corrected chi connectivity index (χ3v) is 4.38. The molecular formula is C15H21ClN6O4. The Labute approximate surface area is 155 Å². The molecule has 0 atom stereocenters. The van der Waals surface area contributed by atoms with E-state index in [-0.39, 0.29) is 30.4 Å². The molecule has 0 saturated heterocycles. The second-order valence-corrected chi connectivity index (χ2v) is 6.08. The summed E-state index contributed by atoms with van der Waals surface area (Å²) in [5.74, 6) is -0.229. The minimum atomic E-state index is -0.576. The van der Waals surface area contributed by atoms with Crippen LogP contribution in [0.4, 0.5) is 5.69 Å². The molecule has 2 aromatic heterocycles. The van der Waals surface area contributed by atoms with Crippen LogP contribution in [0.2, 0.25) is 5.02 Å². The average molecular weight is 385 g/mol. The van der Waals surface area contributed by atoms with E-state index in [9.17, 15) is 14.9 Å². The highest BCUT2D eigenvalue weighted by atomic mass is 35.5. The smallest absolute Gasteiger partial charge is 0.350 e. The van der Waals surface area contributed by atoms with Crippen LogP contribution in [0.25, 0.3) is 0 Å². The van der Waals surface area contributed by atoms with Gasteiger partial charge >= 0.3 is 11.6 Å². The van der Waals surface area contributed by atoms with Crippen molar-refractivity contribution in [3.8, 4) is 5.88 Å². The zero-order valence-corrected chi connectivity index (χ0v) is 15.6. The molecule has 0 aliphatic rings. The lowest BCUT2D eigenvalue weighted by molar-refractivity contribution is -0.385. The molecule has 0 aliphatic carbocycles. The van der Waals surface area contributed by atoms with Crippen molar-refractivity contribution in [3.63, 3.8) is 0 Å². The number of hydrogen-bond acceptors (Lipinski definition) is 6. The Bertz CT molecular complexity index is 800. The fraction of sp³-hybridized carbons (Fsp3) is 0.533. The SMILES string of the molecule is COc1nn(CCC(=O)NCCCn2nc(C)c(Cl)c2C)cc1[N+](=O)[O-]. The Hall–Kier alpha value is -2.62. The van der Waals surface area contributed by atoms with E-state index in [0.717, 1.165) is 11.4 Å². The van der Waals surface area contributed by atoms with Crippen molar-refractivity contribution < 1.29 is 14.5 Å². The van der Waals surface area contributed by atoms with Gasteiger partial charge in [-0.3, -0.25) is 24.3 Å². The highest BCUT2D eigenvalue weighted by molar-refractivity contribution is 6.31. The quantitative estimate of drug-likeness (QED) is 0.400. The van der Waals surface area contributed by atoms with Crippen LogP contribution in [0, 0.1) is 24.0 Å². The van der Waals surface area contributed by atoms with Gasteiger partial charge in [-0.15, -0.1) is 5.10 Å². The molecule has 0 fully saturated rings. The number of hydrogen-bond donors (Lipinski definition) is 1. The number of rotatable bonds is 9. The number of aromatic nitrogens is 4. The summed E-state index contributed by atoms with van der Waals surface area (Å²) in [7, 11) is 1.31. The first kappa shape index (κ1) is 19.7. The first-order chi connectivity index (χ1) is 12.3. The normalized spacial score (nSPS) is 10.8. The second kappa shape index (κ2) is 8.65. The van der Waals surface area contributed by atoms with Gasteiger partial charge in [-0.25, -0.2) is 0 Å². The van der Waals surface area contributed by atoms with Gasteiger partial charge in [0.1, 0.15) is 6.20 Å². The van der Waals surface area contributed by atoms with Crippen molar-refractivity contribution in [1.82, 2.24) is 24.9 Å². The van der Waals surface area contributed by atoms with Gasteiger partial charge in [0, 0.05) is 19.5 Å². The highest BCUT2D eigenvalue weighted by Crippen LogP contribution is 2.24. The van der Waals surface area contributed by atoms with E-state index >= 15 is 0 Å². The molecule has 1 amide bonds. The van der Waals surface area contributed by atoms with Crippen molar-refractivity contribution in [2.24, 2.45) is 0 Å². The molecule has 11 heteroatoms. The molecule has 0 saturated carbocycles. The van der Waals surface area contributed by atoms with Gasteiger partial charge in [0.05, 0.1) is 35.0 Å². The molecule has 0 aromatic carbocycles. The third-order valence-electron chi connectivity index (χ3n) is 3.83. The average Bonchev–Trinajstić information content (AvgIpc) is 3.14. The second-order valence-electron chi connectivity index (χ2n) is 5.71. The number of carbonyl (C=O) groups is 1. The summed E-state index contributed by atoms with van der Waals surface area (Å²) in [6.45, 7) is 5.13. The van der Waals surface area contributed by atoms with Crippen molar-refractivity contribution in [2.75, 3.05) is 13.7 Å². The predicted octanol–water partition coefficient (Wildman–Crippen LogP) is 1.86. The summed E-state index contributed by atoms with van der Waals surface area (Å²) in [5, 5.41) is 22.6. The minimum Gasteiger partial charge on any atom is -0.475 e. The topological polar surface area (TPSA) is 117 Å². The summed E-state index contributed by atoms with van der Waals surface area (Å²) < 4.78 is 7.99. The number of halogens is 1. The molecule has 0 unspecified atom stereocenters. The van der Waals surface area contributed by atoms with Gasteiger partial charge in [0.15, 0.2) is 0 Å². The van der Waals surface area contributed by atoms with Gasteiger partial charge in [-0.1, -0.05) is 11.6 Å². The van der Waals surface area contributed by atoms with Crippen LogP contribution in [0.1, 0.15) is 24.2 Å². The first-order valence-corrected chi connectivity index (χ1v) is 8.43. The van der Waals surface area contributed by atoms with Gasteiger partial charge in [0.25, 0.3) is 0 Å². The molecule has 1 N–H and O–H groups in total. The minimum absolute atomic E-state index is 0.0704. The van der Waals surface area contributed by atoms with Crippen LogP contribution in [-0.2, 0) is 17.9 Å². The van der Waals surface area contributed by atoms with Crippen LogP contribution in [0.5, 0.6) is 5.88 Å². The van der Waals surface area contributed by atoms with Crippen LogP contribution < -0.4 is 10.1 Å².